The van der Waals surface area contributed by atoms with Gasteiger partial charge in [-0.05, 0) is 17.9 Å². The van der Waals surface area contributed by atoms with Crippen molar-refractivity contribution in [1.82, 2.24) is 5.32 Å². The number of nitrogens with one attached hydrogen (secondary N) is 1. The number of carbonyl (C=O) groups is 1. The second-order valence-corrected chi connectivity index (χ2v) is 4.04. The largest absolute Gasteiger partial charge is 0.353 e. The Balaban J connectivity index is 3.99. The Morgan fingerprint density at radius 2 is 2.15 bits per heavy atom. The van der Waals surface area contributed by atoms with E-state index in [2.05, 4.69) is 15.3 Å². The smallest absolute Gasteiger partial charge is 0.226 e. The maximum absolute atomic E-state index is 11.1. The second-order valence-electron chi connectivity index (χ2n) is 4.04. The van der Waals surface area contributed by atoms with E-state index in [1.165, 1.54) is 0 Å². The van der Waals surface area contributed by atoms with E-state index in [4.69, 9.17) is 5.53 Å². The average molecular weight is 184 g/mol. The van der Waals surface area contributed by atoms with Crippen molar-refractivity contribution in [2.75, 3.05) is 6.54 Å². The van der Waals surface area contributed by atoms with Gasteiger partial charge in [-0.15, -0.1) is 0 Å². The first kappa shape index (κ1) is 11.8. The average Bonchev–Trinajstić information content (AvgIpc) is 1.99. The number of rotatable bonds is 3. The zero-order valence-electron chi connectivity index (χ0n) is 8.53. The molecule has 74 valence electrons. The molecule has 13 heavy (non-hydrogen) atoms. The van der Waals surface area contributed by atoms with Gasteiger partial charge in [0.25, 0.3) is 0 Å². The van der Waals surface area contributed by atoms with Crippen molar-refractivity contribution in [3.8, 4) is 0 Å². The van der Waals surface area contributed by atoms with Gasteiger partial charge in [0, 0.05) is 11.0 Å². The molecule has 0 radical (unpaired) electrons. The molecule has 0 rings (SSSR count). The molecule has 1 amide bonds. The van der Waals surface area contributed by atoms with Crippen LogP contribution in [0.5, 0.6) is 0 Å². The van der Waals surface area contributed by atoms with Crippen LogP contribution in [0.25, 0.3) is 10.4 Å². The van der Waals surface area contributed by atoms with Crippen LogP contribution in [0.4, 0.5) is 0 Å². The van der Waals surface area contributed by atoms with E-state index in [1.54, 1.807) is 0 Å². The van der Waals surface area contributed by atoms with E-state index < -0.39 is 0 Å². The lowest BCUT2D eigenvalue weighted by atomic mass is 9.88. The summed E-state index contributed by atoms with van der Waals surface area (Å²) in [6.45, 7) is 7.90. The minimum atomic E-state index is -0.236. The van der Waals surface area contributed by atoms with Gasteiger partial charge < -0.3 is 5.32 Å². The van der Waals surface area contributed by atoms with Crippen LogP contribution in [0.3, 0.4) is 0 Å². The summed E-state index contributed by atoms with van der Waals surface area (Å²) in [5.74, 6) is -0.236. The first-order valence-electron chi connectivity index (χ1n) is 4.18. The van der Waals surface area contributed by atoms with Gasteiger partial charge in [-0.1, -0.05) is 25.9 Å². The third-order valence-electron chi connectivity index (χ3n) is 1.95. The second kappa shape index (κ2) is 4.72. The summed E-state index contributed by atoms with van der Waals surface area (Å²) in [6.07, 6.45) is 0. The first-order chi connectivity index (χ1) is 5.88. The van der Waals surface area contributed by atoms with E-state index >= 15 is 0 Å². The Morgan fingerprint density at radius 3 is 2.54 bits per heavy atom. The fraction of sp³-hybridized carbons (Fsp3) is 0.875. The Labute approximate surface area is 78.1 Å². The first-order valence-corrected chi connectivity index (χ1v) is 4.18. The van der Waals surface area contributed by atoms with Crippen LogP contribution in [-0.4, -0.2) is 18.5 Å². The summed E-state index contributed by atoms with van der Waals surface area (Å²) in [5.41, 5.74) is 8.01. The summed E-state index contributed by atoms with van der Waals surface area (Å²) < 4.78 is 0. The van der Waals surface area contributed by atoms with E-state index in [0.717, 1.165) is 0 Å². The van der Waals surface area contributed by atoms with Crippen molar-refractivity contribution in [3.63, 3.8) is 0 Å². The van der Waals surface area contributed by atoms with Crippen molar-refractivity contribution >= 4 is 5.91 Å². The third-order valence-corrected chi connectivity index (χ3v) is 1.95. The lowest BCUT2D eigenvalue weighted by molar-refractivity contribution is -0.121. The molecular formula is C8H16N4O. The Bertz CT molecular complexity index is 225. The van der Waals surface area contributed by atoms with Crippen LogP contribution in [0.2, 0.25) is 0 Å². The van der Waals surface area contributed by atoms with Crippen LogP contribution < -0.4 is 5.32 Å². The van der Waals surface area contributed by atoms with Crippen LogP contribution in [0.15, 0.2) is 5.11 Å². The summed E-state index contributed by atoms with van der Waals surface area (Å²) >= 11 is 0. The zero-order chi connectivity index (χ0) is 10.5. The molecule has 0 aromatic carbocycles. The number of nitrogens with zero attached hydrogens (tertiary/aromatic N) is 3. The van der Waals surface area contributed by atoms with Gasteiger partial charge in [-0.2, -0.15) is 0 Å². The van der Waals surface area contributed by atoms with Gasteiger partial charge in [0.05, 0.1) is 0 Å². The highest BCUT2D eigenvalue weighted by Gasteiger charge is 2.20. The van der Waals surface area contributed by atoms with E-state index in [0.29, 0.717) is 0 Å². The van der Waals surface area contributed by atoms with Gasteiger partial charge in [-0.25, -0.2) is 0 Å². The zero-order valence-corrected chi connectivity index (χ0v) is 8.53. The summed E-state index contributed by atoms with van der Waals surface area (Å²) in [5, 5.41) is 5.93. The molecule has 1 atom stereocenters. The molecule has 5 heteroatoms. The highest BCUT2D eigenvalue weighted by atomic mass is 16.1. The van der Waals surface area contributed by atoms with Crippen LogP contribution in [0.1, 0.15) is 27.7 Å². The predicted octanol–water partition coefficient (Wildman–Crippen LogP) is 1.85. The van der Waals surface area contributed by atoms with E-state index in [9.17, 15) is 4.79 Å². The fourth-order valence-corrected chi connectivity index (χ4v) is 0.599. The van der Waals surface area contributed by atoms with E-state index in [1.807, 2.05) is 27.7 Å². The fourth-order valence-electron chi connectivity index (χ4n) is 0.599. The van der Waals surface area contributed by atoms with Gasteiger partial charge in [0.15, 0.2) is 0 Å². The lowest BCUT2D eigenvalue weighted by Crippen LogP contribution is -2.42. The van der Waals surface area contributed by atoms with Gasteiger partial charge in [-0.3, -0.25) is 4.79 Å². The Kier molecular flexibility index (Phi) is 4.28. The van der Waals surface area contributed by atoms with Gasteiger partial charge in [0.1, 0.15) is 6.54 Å². The van der Waals surface area contributed by atoms with Crippen molar-refractivity contribution in [2.24, 2.45) is 10.5 Å². The normalized spacial score (nSPS) is 12.9. The molecule has 0 aliphatic heterocycles. The number of carbonyl (C=O) groups excluding carboxylic acids is 1. The number of azide groups is 1. The van der Waals surface area contributed by atoms with Gasteiger partial charge >= 0.3 is 0 Å². The van der Waals surface area contributed by atoms with Crippen molar-refractivity contribution in [2.45, 2.75) is 33.7 Å². The molecule has 0 aromatic heterocycles. The number of hydrogen-bond donors (Lipinski definition) is 1. The molecule has 0 aromatic rings. The number of amides is 1. The maximum atomic E-state index is 11.1. The molecular weight excluding hydrogens is 168 g/mol. The monoisotopic (exact) mass is 184 g/mol. The van der Waals surface area contributed by atoms with Gasteiger partial charge in [0.2, 0.25) is 5.91 Å². The summed E-state index contributed by atoms with van der Waals surface area (Å²) in [7, 11) is 0. The predicted molar refractivity (Wildman–Crippen MR) is 51.1 cm³/mol. The van der Waals surface area contributed by atoms with Crippen molar-refractivity contribution < 1.29 is 4.79 Å². The summed E-state index contributed by atoms with van der Waals surface area (Å²) in [4.78, 5) is 13.6. The standard InChI is InChI=1S/C8H16N4O/c1-6(8(2,3)4)11-7(13)5-10-12-9/h6H,5H2,1-4H3,(H,11,13)/t6-/m1/s1. The SMILES string of the molecule is C[C@@H](NC(=O)CN=[N+]=[N-])C(C)(C)C. The highest BCUT2D eigenvalue weighted by molar-refractivity contribution is 5.78. The molecule has 1 N–H and O–H groups in total. The minimum Gasteiger partial charge on any atom is -0.353 e. The Morgan fingerprint density at radius 1 is 1.62 bits per heavy atom. The molecule has 0 fully saturated rings. The van der Waals surface area contributed by atoms with Crippen molar-refractivity contribution in [3.05, 3.63) is 10.4 Å². The molecule has 0 unspecified atom stereocenters. The molecule has 5 nitrogen and oxygen atoms in total. The molecule has 0 aliphatic rings. The van der Waals surface area contributed by atoms with Crippen LogP contribution in [-0.2, 0) is 4.79 Å². The number of hydrogen-bond acceptors (Lipinski definition) is 2. The molecule has 0 aliphatic carbocycles. The highest BCUT2D eigenvalue weighted by Crippen LogP contribution is 2.18. The molecule has 0 saturated carbocycles. The van der Waals surface area contributed by atoms with Crippen LogP contribution >= 0.6 is 0 Å². The molecule has 0 heterocycles. The molecule has 0 spiro atoms. The van der Waals surface area contributed by atoms with E-state index in [-0.39, 0.29) is 23.9 Å². The minimum absolute atomic E-state index is 0.0199. The third kappa shape index (κ3) is 5.09. The molecule has 0 saturated heterocycles. The molecule has 0 bridgehead atoms. The van der Waals surface area contributed by atoms with Crippen molar-refractivity contribution in [1.29, 1.82) is 0 Å². The summed E-state index contributed by atoms with van der Waals surface area (Å²) in [6, 6.07) is 0.0638. The van der Waals surface area contributed by atoms with Crippen LogP contribution in [0, 0.1) is 5.41 Å². The Hall–Kier alpha value is -1.22. The maximum Gasteiger partial charge on any atom is 0.226 e. The quantitative estimate of drug-likeness (QED) is 0.405. The lowest BCUT2D eigenvalue weighted by Gasteiger charge is -2.27. The topological polar surface area (TPSA) is 77.9 Å².